The monoisotopic (exact) mass is 366 g/mol. The topological polar surface area (TPSA) is 80.5 Å². The second kappa shape index (κ2) is 6.18. The highest BCUT2D eigenvalue weighted by Crippen LogP contribution is 2.41. The molecule has 2 aromatic rings. The van der Waals surface area contributed by atoms with Crippen LogP contribution in [0.3, 0.4) is 0 Å². The standard InChI is InChI=1S/C16H18N2O4S2/c1-3-13-12-7-9-23-16(12)6-8-17(13)14-5-4-11(24(2,21)22)10-15(14)18(19)20/h4-5,7,9-10,13H,3,6,8H2,1-2H3/t13-/m1/s1. The lowest BCUT2D eigenvalue weighted by Gasteiger charge is -2.37. The highest BCUT2D eigenvalue weighted by atomic mass is 32.2. The second-order valence-electron chi connectivity index (χ2n) is 5.85. The third-order valence-electron chi connectivity index (χ3n) is 4.36. The molecule has 0 amide bonds. The molecule has 0 unspecified atom stereocenters. The average Bonchev–Trinajstić information content (AvgIpc) is 3.01. The lowest BCUT2D eigenvalue weighted by molar-refractivity contribution is -0.384. The maximum absolute atomic E-state index is 11.7. The zero-order valence-electron chi connectivity index (χ0n) is 13.4. The number of sulfone groups is 1. The van der Waals surface area contributed by atoms with Crippen molar-refractivity contribution in [1.82, 2.24) is 0 Å². The number of nitro groups is 1. The van der Waals surface area contributed by atoms with Gasteiger partial charge in [-0.1, -0.05) is 6.92 Å². The van der Waals surface area contributed by atoms with E-state index in [4.69, 9.17) is 0 Å². The van der Waals surface area contributed by atoms with E-state index in [-0.39, 0.29) is 16.6 Å². The maximum atomic E-state index is 11.7. The molecule has 3 rings (SSSR count). The van der Waals surface area contributed by atoms with Gasteiger partial charge in [-0.2, -0.15) is 0 Å². The quantitative estimate of drug-likeness (QED) is 0.610. The zero-order chi connectivity index (χ0) is 17.5. The molecule has 1 aliphatic rings. The van der Waals surface area contributed by atoms with Crippen molar-refractivity contribution >= 4 is 32.5 Å². The molecular weight excluding hydrogens is 348 g/mol. The van der Waals surface area contributed by atoms with Crippen LogP contribution >= 0.6 is 11.3 Å². The van der Waals surface area contributed by atoms with Gasteiger partial charge in [0, 0.05) is 23.7 Å². The summed E-state index contributed by atoms with van der Waals surface area (Å²) in [6.07, 6.45) is 2.72. The molecule has 0 radical (unpaired) electrons. The van der Waals surface area contributed by atoms with Crippen molar-refractivity contribution in [3.05, 3.63) is 50.2 Å². The highest BCUT2D eigenvalue weighted by Gasteiger charge is 2.31. The molecule has 1 aliphatic heterocycles. The summed E-state index contributed by atoms with van der Waals surface area (Å²) < 4.78 is 23.4. The van der Waals surface area contributed by atoms with E-state index in [1.165, 1.54) is 22.6 Å². The minimum absolute atomic E-state index is 0.0285. The molecule has 1 aromatic carbocycles. The summed E-state index contributed by atoms with van der Waals surface area (Å²) in [5.41, 5.74) is 1.54. The van der Waals surface area contributed by atoms with E-state index in [2.05, 4.69) is 18.4 Å². The van der Waals surface area contributed by atoms with E-state index in [1.54, 1.807) is 17.4 Å². The normalized spacial score (nSPS) is 17.6. The van der Waals surface area contributed by atoms with Gasteiger partial charge < -0.3 is 4.90 Å². The van der Waals surface area contributed by atoms with Crippen molar-refractivity contribution in [3.63, 3.8) is 0 Å². The van der Waals surface area contributed by atoms with Crippen molar-refractivity contribution < 1.29 is 13.3 Å². The molecule has 0 N–H and O–H groups in total. The van der Waals surface area contributed by atoms with E-state index >= 15 is 0 Å². The minimum Gasteiger partial charge on any atom is -0.359 e. The molecule has 0 spiro atoms. The zero-order valence-corrected chi connectivity index (χ0v) is 15.1. The van der Waals surface area contributed by atoms with Crippen LogP contribution in [0.2, 0.25) is 0 Å². The van der Waals surface area contributed by atoms with Crippen molar-refractivity contribution in [1.29, 1.82) is 0 Å². The van der Waals surface area contributed by atoms with Crippen molar-refractivity contribution in [3.8, 4) is 0 Å². The number of thiophene rings is 1. The SMILES string of the molecule is CC[C@@H]1c2ccsc2CCN1c1ccc(S(C)(=O)=O)cc1[N+](=O)[O-]. The highest BCUT2D eigenvalue weighted by molar-refractivity contribution is 7.90. The summed E-state index contributed by atoms with van der Waals surface area (Å²) in [7, 11) is -3.49. The summed E-state index contributed by atoms with van der Waals surface area (Å²) in [4.78, 5) is 14.3. The molecule has 0 aliphatic carbocycles. The van der Waals surface area contributed by atoms with E-state index in [0.717, 1.165) is 19.1 Å². The largest absolute Gasteiger partial charge is 0.359 e. The molecule has 0 saturated carbocycles. The molecule has 6 nitrogen and oxygen atoms in total. The molecular formula is C16H18N2O4S2. The third-order valence-corrected chi connectivity index (χ3v) is 6.47. The summed E-state index contributed by atoms with van der Waals surface area (Å²) in [5, 5.41) is 13.6. The van der Waals surface area contributed by atoms with Gasteiger partial charge in [0.25, 0.3) is 5.69 Å². The molecule has 0 bridgehead atoms. The molecule has 0 fully saturated rings. The molecule has 1 atom stereocenters. The van der Waals surface area contributed by atoms with Crippen LogP contribution in [0.5, 0.6) is 0 Å². The van der Waals surface area contributed by atoms with Gasteiger partial charge in [0.2, 0.25) is 0 Å². The van der Waals surface area contributed by atoms with Crippen LogP contribution < -0.4 is 4.90 Å². The fourth-order valence-electron chi connectivity index (χ4n) is 3.25. The van der Waals surface area contributed by atoms with E-state index in [1.807, 2.05) is 4.90 Å². The molecule has 8 heteroatoms. The fourth-order valence-corrected chi connectivity index (χ4v) is 4.82. The Morgan fingerprint density at radius 1 is 1.38 bits per heavy atom. The van der Waals surface area contributed by atoms with Gasteiger partial charge in [-0.25, -0.2) is 8.42 Å². The second-order valence-corrected chi connectivity index (χ2v) is 8.86. The van der Waals surface area contributed by atoms with Crippen LogP contribution in [-0.2, 0) is 16.3 Å². The number of nitrogens with zero attached hydrogens (tertiary/aromatic N) is 2. The molecule has 128 valence electrons. The van der Waals surface area contributed by atoms with Gasteiger partial charge in [-0.15, -0.1) is 11.3 Å². The van der Waals surface area contributed by atoms with Crippen molar-refractivity contribution in [2.45, 2.75) is 30.7 Å². The molecule has 2 heterocycles. The number of hydrogen-bond donors (Lipinski definition) is 0. The van der Waals surface area contributed by atoms with Crippen LogP contribution in [0.15, 0.2) is 34.5 Å². The van der Waals surface area contributed by atoms with Crippen LogP contribution in [0.1, 0.15) is 29.8 Å². The first-order valence-electron chi connectivity index (χ1n) is 7.64. The Hall–Kier alpha value is -1.93. The predicted molar refractivity (Wildman–Crippen MR) is 94.6 cm³/mol. The van der Waals surface area contributed by atoms with E-state index in [0.29, 0.717) is 12.2 Å². The van der Waals surface area contributed by atoms with Gasteiger partial charge in [-0.3, -0.25) is 10.1 Å². The molecule has 24 heavy (non-hydrogen) atoms. The molecule has 0 saturated heterocycles. The Morgan fingerprint density at radius 3 is 2.75 bits per heavy atom. The number of benzene rings is 1. The Labute approximate surface area is 144 Å². The number of hydrogen-bond acceptors (Lipinski definition) is 6. The van der Waals surface area contributed by atoms with Gasteiger partial charge in [-0.05, 0) is 42.0 Å². The first kappa shape index (κ1) is 16.9. The van der Waals surface area contributed by atoms with Crippen LogP contribution in [-0.4, -0.2) is 26.1 Å². The summed E-state index contributed by atoms with van der Waals surface area (Å²) >= 11 is 1.72. The van der Waals surface area contributed by atoms with Crippen LogP contribution in [0.25, 0.3) is 0 Å². The van der Waals surface area contributed by atoms with Crippen LogP contribution in [0, 0.1) is 10.1 Å². The Kier molecular flexibility index (Phi) is 4.35. The van der Waals surface area contributed by atoms with Gasteiger partial charge >= 0.3 is 0 Å². The average molecular weight is 366 g/mol. The first-order valence-corrected chi connectivity index (χ1v) is 10.4. The summed E-state index contributed by atoms with van der Waals surface area (Å²) in [6.45, 7) is 2.74. The maximum Gasteiger partial charge on any atom is 0.293 e. The minimum atomic E-state index is -3.49. The summed E-state index contributed by atoms with van der Waals surface area (Å²) in [5.74, 6) is 0. The fraction of sp³-hybridized carbons (Fsp3) is 0.375. The number of anilines is 1. The number of fused-ring (bicyclic) bond motifs is 1. The van der Waals surface area contributed by atoms with Crippen molar-refractivity contribution in [2.24, 2.45) is 0 Å². The van der Waals surface area contributed by atoms with E-state index < -0.39 is 14.8 Å². The summed E-state index contributed by atoms with van der Waals surface area (Å²) in [6, 6.07) is 6.34. The number of rotatable bonds is 4. The third kappa shape index (κ3) is 2.91. The smallest absolute Gasteiger partial charge is 0.293 e. The van der Waals surface area contributed by atoms with Crippen LogP contribution in [0.4, 0.5) is 11.4 Å². The Balaban J connectivity index is 2.10. The van der Waals surface area contributed by atoms with E-state index in [9.17, 15) is 18.5 Å². The van der Waals surface area contributed by atoms with Gasteiger partial charge in [0.1, 0.15) is 5.69 Å². The Bertz CT molecular complexity index is 889. The lowest BCUT2D eigenvalue weighted by Crippen LogP contribution is -2.34. The number of nitro benzene ring substituents is 1. The van der Waals surface area contributed by atoms with Gasteiger partial charge in [0.15, 0.2) is 9.84 Å². The predicted octanol–water partition coefficient (Wildman–Crippen LogP) is 3.57. The first-order chi connectivity index (χ1) is 11.3. The van der Waals surface area contributed by atoms with Gasteiger partial charge in [0.05, 0.1) is 15.9 Å². The molecule has 1 aromatic heterocycles. The lowest BCUT2D eigenvalue weighted by atomic mass is 9.97. The Morgan fingerprint density at radius 2 is 2.12 bits per heavy atom. The van der Waals surface area contributed by atoms with Crippen molar-refractivity contribution in [2.75, 3.05) is 17.7 Å².